The molecule has 0 saturated heterocycles. The summed E-state index contributed by atoms with van der Waals surface area (Å²) in [6, 6.07) is 1.35. The van der Waals surface area contributed by atoms with Crippen LogP contribution in [0.2, 0.25) is 0 Å². The van der Waals surface area contributed by atoms with Gasteiger partial charge in [0, 0.05) is 38.4 Å². The molecule has 0 aliphatic carbocycles. The van der Waals surface area contributed by atoms with Crippen LogP contribution in [0.15, 0.2) is 14.5 Å². The Morgan fingerprint density at radius 2 is 2.32 bits per heavy atom. The van der Waals surface area contributed by atoms with Crippen LogP contribution in [0.1, 0.15) is 24.9 Å². The first-order valence-corrected chi connectivity index (χ1v) is 10.2. The maximum atomic E-state index is 12.7. The topological polar surface area (TPSA) is 95.9 Å². The van der Waals surface area contributed by atoms with Crippen LogP contribution in [-0.4, -0.2) is 54.8 Å². The van der Waals surface area contributed by atoms with Crippen LogP contribution in [0, 0.1) is 0 Å². The number of hydrogen-bond donors (Lipinski definition) is 2. The molecule has 2 N–H and O–H groups in total. The lowest BCUT2D eigenvalue weighted by Gasteiger charge is -2.32. The first-order valence-electron chi connectivity index (χ1n) is 6.88. The molecule has 22 heavy (non-hydrogen) atoms. The van der Waals surface area contributed by atoms with E-state index >= 15 is 0 Å². The summed E-state index contributed by atoms with van der Waals surface area (Å²) in [6.07, 6.45) is 0.605. The fraction of sp³-hybridized carbons (Fsp3) is 0.667. The van der Waals surface area contributed by atoms with Crippen molar-refractivity contribution in [2.24, 2.45) is 0 Å². The summed E-state index contributed by atoms with van der Waals surface area (Å²) in [7, 11) is -2.04. The minimum atomic E-state index is -3.62. The highest BCUT2D eigenvalue weighted by atomic mass is 32.3. The zero-order valence-electron chi connectivity index (χ0n) is 12.4. The number of rotatable bonds is 7. The van der Waals surface area contributed by atoms with Gasteiger partial charge in [-0.1, -0.05) is 6.92 Å². The number of hydrogen-bond acceptors (Lipinski definition) is 6. The zero-order chi connectivity index (χ0) is 16.3. The largest absolute Gasteiger partial charge is 0.385 e. The van der Waals surface area contributed by atoms with E-state index in [1.54, 1.807) is 7.11 Å². The third kappa shape index (κ3) is 3.58. The molecule has 1 aromatic rings. The van der Waals surface area contributed by atoms with Gasteiger partial charge in [-0.05, 0) is 19.0 Å². The molecule has 0 amide bonds. The van der Waals surface area contributed by atoms with Crippen LogP contribution >= 0.6 is 11.3 Å². The quantitative estimate of drug-likeness (QED) is 0.551. The van der Waals surface area contributed by atoms with Crippen LogP contribution in [0.3, 0.4) is 0 Å². The maximum Gasteiger partial charge on any atom is 0.252 e. The van der Waals surface area contributed by atoms with Gasteiger partial charge in [0.05, 0.1) is 0 Å². The van der Waals surface area contributed by atoms with E-state index in [0.717, 1.165) is 11.3 Å². The number of sulfonamides is 1. The number of methoxy groups -OCH3 is 1. The number of fused-ring (bicyclic) bond motifs is 1. The maximum absolute atomic E-state index is 12.7. The van der Waals surface area contributed by atoms with Gasteiger partial charge < -0.3 is 14.6 Å². The molecule has 0 radical (unpaired) electrons. The molecule has 126 valence electrons. The summed E-state index contributed by atoms with van der Waals surface area (Å²) in [6.45, 7) is 3.80. The summed E-state index contributed by atoms with van der Waals surface area (Å²) in [5.41, 5.74) is 0.590. The van der Waals surface area contributed by atoms with Crippen LogP contribution in [0.25, 0.3) is 0 Å². The fourth-order valence-corrected chi connectivity index (χ4v) is 6.50. The highest BCUT2D eigenvalue weighted by Gasteiger charge is 2.38. The van der Waals surface area contributed by atoms with Gasteiger partial charge in [-0.2, -0.15) is 4.31 Å². The minimum absolute atomic E-state index is 0.162. The lowest BCUT2D eigenvalue weighted by molar-refractivity contribution is 0.185. The Morgan fingerprint density at radius 3 is 2.91 bits per heavy atom. The zero-order valence-corrected chi connectivity index (χ0v) is 14.9. The third-order valence-electron chi connectivity index (χ3n) is 3.42. The van der Waals surface area contributed by atoms with Gasteiger partial charge in [0.25, 0.3) is 10.0 Å². The molecule has 1 aliphatic rings. The van der Waals surface area contributed by atoms with Crippen molar-refractivity contribution in [1.29, 1.82) is 0 Å². The van der Waals surface area contributed by atoms with Crippen molar-refractivity contribution >= 4 is 32.4 Å². The normalized spacial score (nSPS) is 22.4. The predicted molar refractivity (Wildman–Crippen MR) is 85.0 cm³/mol. The van der Waals surface area contributed by atoms with E-state index in [9.17, 15) is 17.2 Å². The van der Waals surface area contributed by atoms with Crippen molar-refractivity contribution in [3.05, 3.63) is 11.6 Å². The molecule has 1 aromatic heterocycles. The second-order valence-electron chi connectivity index (χ2n) is 4.88. The van der Waals surface area contributed by atoms with Gasteiger partial charge in [0.2, 0.25) is 0 Å². The Bertz CT molecular complexity index is 643. The first-order chi connectivity index (χ1) is 10.4. The standard InChI is InChI=1S/C12H20N2O5S3/c1-3-13-10-8-14(5-4-6-19-2)22(17,18)12-9(10)7-11(20-12)21(15)16/h7,10,13H,3-6,8H2,1-2H3,(H,15,16)/t10-/m0/s1. The number of nitrogens with one attached hydrogen (secondary N) is 1. The van der Waals surface area contributed by atoms with Crippen molar-refractivity contribution in [3.8, 4) is 0 Å². The average Bonchev–Trinajstić information content (AvgIpc) is 2.91. The molecule has 1 unspecified atom stereocenters. The highest BCUT2D eigenvalue weighted by molar-refractivity contribution is 7.92. The highest BCUT2D eigenvalue weighted by Crippen LogP contribution is 2.39. The van der Waals surface area contributed by atoms with Crippen LogP contribution in [0.4, 0.5) is 0 Å². The molecule has 0 aromatic carbocycles. The molecule has 2 heterocycles. The van der Waals surface area contributed by atoms with E-state index in [1.165, 1.54) is 10.4 Å². The Morgan fingerprint density at radius 1 is 1.59 bits per heavy atom. The van der Waals surface area contributed by atoms with Crippen LogP contribution in [0.5, 0.6) is 0 Å². The molecule has 1 aliphatic heterocycles. The summed E-state index contributed by atoms with van der Waals surface area (Å²) in [4.78, 5) is 0. The summed E-state index contributed by atoms with van der Waals surface area (Å²) in [5.74, 6) is 0. The van der Waals surface area contributed by atoms with Crippen molar-refractivity contribution in [2.75, 3.05) is 33.4 Å². The van der Waals surface area contributed by atoms with Gasteiger partial charge in [-0.15, -0.1) is 11.3 Å². The fourth-order valence-electron chi connectivity index (χ4n) is 2.43. The van der Waals surface area contributed by atoms with Gasteiger partial charge in [-0.25, -0.2) is 12.6 Å². The van der Waals surface area contributed by atoms with Gasteiger partial charge in [0.1, 0.15) is 8.42 Å². The van der Waals surface area contributed by atoms with Gasteiger partial charge in [-0.3, -0.25) is 0 Å². The Kier molecular flexibility index (Phi) is 6.11. The van der Waals surface area contributed by atoms with Crippen molar-refractivity contribution < 1.29 is 21.9 Å². The molecule has 0 bridgehead atoms. The van der Waals surface area contributed by atoms with Crippen molar-refractivity contribution in [1.82, 2.24) is 9.62 Å². The molecular weight excluding hydrogens is 348 g/mol. The van der Waals surface area contributed by atoms with E-state index in [1.807, 2.05) is 6.92 Å². The van der Waals surface area contributed by atoms with Crippen LogP contribution < -0.4 is 5.32 Å². The van der Waals surface area contributed by atoms with E-state index in [4.69, 9.17) is 4.74 Å². The Balaban J connectivity index is 2.38. The molecule has 7 nitrogen and oxygen atoms in total. The Labute approximate surface area is 137 Å². The van der Waals surface area contributed by atoms with E-state index in [-0.39, 0.29) is 14.5 Å². The van der Waals surface area contributed by atoms with Gasteiger partial charge >= 0.3 is 0 Å². The SMILES string of the molecule is CCN[C@H]1CN(CCCOC)S(=O)(=O)c2sc(S(=O)O)cc21. The first kappa shape index (κ1) is 18.0. The smallest absolute Gasteiger partial charge is 0.252 e. The summed E-state index contributed by atoms with van der Waals surface area (Å²) < 4.78 is 52.6. The molecule has 0 saturated carbocycles. The third-order valence-corrected chi connectivity index (χ3v) is 7.89. The van der Waals surface area contributed by atoms with Crippen molar-refractivity contribution in [2.45, 2.75) is 27.8 Å². The molecule has 0 spiro atoms. The number of likely N-dealkylation sites (N-methyl/N-ethyl adjacent to an activating group) is 1. The monoisotopic (exact) mass is 368 g/mol. The predicted octanol–water partition coefficient (Wildman–Crippen LogP) is 1.02. The van der Waals surface area contributed by atoms with E-state index in [2.05, 4.69) is 5.32 Å². The van der Waals surface area contributed by atoms with Gasteiger partial charge in [0.15, 0.2) is 11.1 Å². The van der Waals surface area contributed by atoms with E-state index in [0.29, 0.717) is 38.2 Å². The molecule has 2 rings (SSSR count). The average molecular weight is 369 g/mol. The summed E-state index contributed by atoms with van der Waals surface area (Å²) >= 11 is -1.30. The lowest BCUT2D eigenvalue weighted by Crippen LogP contribution is -2.43. The second-order valence-corrected chi connectivity index (χ2v) is 9.26. The summed E-state index contributed by atoms with van der Waals surface area (Å²) in [5, 5.41) is 3.24. The number of nitrogens with zero attached hydrogens (tertiary/aromatic N) is 1. The molecule has 2 atom stereocenters. The van der Waals surface area contributed by atoms with Crippen LogP contribution in [-0.2, 0) is 25.8 Å². The minimum Gasteiger partial charge on any atom is -0.385 e. The Hall–Kier alpha value is -0.360. The second kappa shape index (κ2) is 7.47. The molecule has 0 fully saturated rings. The lowest BCUT2D eigenvalue weighted by atomic mass is 10.1. The number of ether oxygens (including phenoxy) is 1. The number of thiophene rings is 1. The van der Waals surface area contributed by atoms with Crippen molar-refractivity contribution in [3.63, 3.8) is 0 Å². The van der Waals surface area contributed by atoms with E-state index < -0.39 is 21.1 Å². The molecular formula is C12H20N2O5S3. The molecule has 10 heteroatoms.